The van der Waals surface area contributed by atoms with E-state index in [0.29, 0.717) is 0 Å². The molecule has 1 fully saturated rings. The fourth-order valence-electron chi connectivity index (χ4n) is 0.519. The third-order valence-corrected chi connectivity index (χ3v) is 1.49. The summed E-state index contributed by atoms with van der Waals surface area (Å²) < 4.78 is 44.2. The van der Waals surface area contributed by atoms with Crippen LogP contribution in [0, 0.1) is 0 Å². The zero-order chi connectivity index (χ0) is 12.3. The van der Waals surface area contributed by atoms with Crippen LogP contribution in [0.3, 0.4) is 0 Å². The third-order valence-electron chi connectivity index (χ3n) is 1.49. The van der Waals surface area contributed by atoms with E-state index in [1.165, 1.54) is 0 Å². The number of carboxylic acids is 1. The van der Waals surface area contributed by atoms with Gasteiger partial charge in [0.05, 0.1) is 0 Å². The highest BCUT2D eigenvalue weighted by Gasteiger charge is 2.42. The highest BCUT2D eigenvalue weighted by molar-refractivity contribution is 5.85. The number of rotatable bonds is 1. The molecule has 88 valence electrons. The summed E-state index contributed by atoms with van der Waals surface area (Å²) in [4.78, 5) is 19.0. The summed E-state index contributed by atoms with van der Waals surface area (Å²) in [6.07, 6.45) is -5.08. The monoisotopic (exact) mass is 232 g/mol. The molecule has 1 aliphatic rings. The molecule has 4 N–H and O–H groups in total. The predicted molar refractivity (Wildman–Crippen MR) is 39.6 cm³/mol. The van der Waals surface area contributed by atoms with Crippen LogP contribution in [0.4, 0.5) is 17.6 Å². The van der Waals surface area contributed by atoms with Gasteiger partial charge in [0.2, 0.25) is 5.67 Å². The number of hydrogen-bond donors (Lipinski definition) is 3. The number of nitrogens with one attached hydrogen (secondary N) is 1. The van der Waals surface area contributed by atoms with E-state index >= 15 is 0 Å². The van der Waals surface area contributed by atoms with Crippen molar-refractivity contribution >= 4 is 11.9 Å². The first-order valence-electron chi connectivity index (χ1n) is 3.59. The van der Waals surface area contributed by atoms with Crippen molar-refractivity contribution < 1.29 is 32.3 Å². The molecule has 0 aliphatic carbocycles. The summed E-state index contributed by atoms with van der Waals surface area (Å²) in [7, 11) is 0. The van der Waals surface area contributed by atoms with E-state index < -0.39 is 23.7 Å². The van der Waals surface area contributed by atoms with E-state index in [2.05, 4.69) is 11.1 Å². The van der Waals surface area contributed by atoms with Crippen LogP contribution >= 0.6 is 0 Å². The normalized spacial score (nSPS) is 18.1. The maximum absolute atomic E-state index is 12.5. The molecular formula is C6H8F4N2O3. The Morgan fingerprint density at radius 1 is 1.33 bits per heavy atom. The Labute approximate surface area is 81.2 Å². The standard InChI is InChI=1S/C4H7FN2O.C2HF3O2/c5-4(3(6)8)1-7-2-4;3-2(4,5)1(6)7/h7H,1-2H2,(H2,6,8);(H,6,7). The van der Waals surface area contributed by atoms with Crippen molar-refractivity contribution in [2.75, 3.05) is 13.1 Å². The third kappa shape index (κ3) is 4.11. The van der Waals surface area contributed by atoms with E-state index in [9.17, 15) is 22.4 Å². The summed E-state index contributed by atoms with van der Waals surface area (Å²) in [6.45, 7) is 0.144. The van der Waals surface area contributed by atoms with Crippen LogP contribution in [0.1, 0.15) is 0 Å². The van der Waals surface area contributed by atoms with Gasteiger partial charge < -0.3 is 16.2 Å². The predicted octanol–water partition coefficient (Wildman–Crippen LogP) is -0.584. The summed E-state index contributed by atoms with van der Waals surface area (Å²) in [5.74, 6) is -3.62. The van der Waals surface area contributed by atoms with E-state index in [-0.39, 0.29) is 13.1 Å². The summed E-state index contributed by atoms with van der Waals surface area (Å²) >= 11 is 0. The van der Waals surface area contributed by atoms with Gasteiger partial charge in [-0.25, -0.2) is 9.18 Å². The lowest BCUT2D eigenvalue weighted by molar-refractivity contribution is -0.192. The first kappa shape index (κ1) is 13.6. The van der Waals surface area contributed by atoms with E-state index in [0.717, 1.165) is 0 Å². The lowest BCUT2D eigenvalue weighted by Crippen LogP contribution is -2.63. The second-order valence-electron chi connectivity index (χ2n) is 2.74. The molecule has 1 amide bonds. The van der Waals surface area contributed by atoms with Gasteiger partial charge in [0, 0.05) is 13.1 Å². The molecule has 0 saturated carbocycles. The zero-order valence-corrected chi connectivity index (χ0v) is 7.27. The zero-order valence-electron chi connectivity index (χ0n) is 7.27. The Morgan fingerprint density at radius 2 is 1.67 bits per heavy atom. The second-order valence-corrected chi connectivity index (χ2v) is 2.74. The minimum atomic E-state index is -5.08. The number of amides is 1. The summed E-state index contributed by atoms with van der Waals surface area (Å²) in [5, 5.41) is 9.73. The molecule has 1 saturated heterocycles. The van der Waals surface area contributed by atoms with Crippen LogP contribution < -0.4 is 11.1 Å². The van der Waals surface area contributed by atoms with Gasteiger partial charge in [-0.2, -0.15) is 13.2 Å². The van der Waals surface area contributed by atoms with Crippen molar-refractivity contribution in [2.24, 2.45) is 5.73 Å². The molecule has 1 aliphatic heterocycles. The van der Waals surface area contributed by atoms with Gasteiger partial charge in [0.15, 0.2) is 0 Å². The number of primary amides is 1. The van der Waals surface area contributed by atoms with Crippen molar-refractivity contribution in [1.82, 2.24) is 5.32 Å². The Balaban J connectivity index is 0.000000265. The number of halogens is 4. The Morgan fingerprint density at radius 3 is 1.67 bits per heavy atom. The molecule has 0 unspecified atom stereocenters. The maximum Gasteiger partial charge on any atom is 0.490 e. The Kier molecular flexibility index (Phi) is 4.02. The molecule has 0 aromatic rings. The summed E-state index contributed by atoms with van der Waals surface area (Å²) in [5.41, 5.74) is 2.93. The molecule has 15 heavy (non-hydrogen) atoms. The largest absolute Gasteiger partial charge is 0.490 e. The van der Waals surface area contributed by atoms with Crippen molar-refractivity contribution in [3.8, 4) is 0 Å². The van der Waals surface area contributed by atoms with Crippen LogP contribution in [-0.2, 0) is 9.59 Å². The highest BCUT2D eigenvalue weighted by Crippen LogP contribution is 2.14. The van der Waals surface area contributed by atoms with Crippen LogP contribution in [-0.4, -0.2) is 41.9 Å². The van der Waals surface area contributed by atoms with Crippen molar-refractivity contribution in [2.45, 2.75) is 11.8 Å². The quantitative estimate of drug-likeness (QED) is 0.527. The minimum Gasteiger partial charge on any atom is -0.475 e. The number of nitrogens with two attached hydrogens (primary N) is 1. The van der Waals surface area contributed by atoms with Crippen LogP contribution in [0.15, 0.2) is 0 Å². The van der Waals surface area contributed by atoms with Crippen LogP contribution in [0.5, 0.6) is 0 Å². The summed E-state index contributed by atoms with van der Waals surface area (Å²) in [6, 6.07) is 0. The Bertz CT molecular complexity index is 262. The van der Waals surface area contributed by atoms with Gasteiger partial charge in [0.1, 0.15) is 0 Å². The van der Waals surface area contributed by atoms with Crippen molar-refractivity contribution in [1.29, 1.82) is 0 Å². The maximum atomic E-state index is 12.5. The highest BCUT2D eigenvalue weighted by atomic mass is 19.4. The number of carbonyl (C=O) groups is 2. The van der Waals surface area contributed by atoms with E-state index in [4.69, 9.17) is 9.90 Å². The number of aliphatic carboxylic acids is 1. The molecule has 9 heteroatoms. The molecule has 0 bridgehead atoms. The molecule has 0 aromatic heterocycles. The molecule has 1 heterocycles. The van der Waals surface area contributed by atoms with Crippen molar-refractivity contribution in [3.05, 3.63) is 0 Å². The molecule has 0 aromatic carbocycles. The SMILES string of the molecule is NC(=O)C1(F)CNC1.O=C(O)C(F)(F)F. The van der Waals surface area contributed by atoms with Gasteiger partial charge in [-0.15, -0.1) is 0 Å². The molecule has 0 atom stereocenters. The van der Waals surface area contributed by atoms with Gasteiger partial charge in [-0.3, -0.25) is 4.79 Å². The number of hydrogen-bond acceptors (Lipinski definition) is 3. The topological polar surface area (TPSA) is 92.4 Å². The first-order valence-corrected chi connectivity index (χ1v) is 3.59. The minimum absolute atomic E-state index is 0.0718. The molecule has 0 spiro atoms. The average Bonchev–Trinajstić information content (AvgIpc) is 1.99. The van der Waals surface area contributed by atoms with Gasteiger partial charge in [-0.05, 0) is 0 Å². The molecule has 5 nitrogen and oxygen atoms in total. The van der Waals surface area contributed by atoms with Crippen LogP contribution in [0.2, 0.25) is 0 Å². The lowest BCUT2D eigenvalue weighted by atomic mass is 9.99. The van der Waals surface area contributed by atoms with Gasteiger partial charge in [-0.1, -0.05) is 0 Å². The second kappa shape index (κ2) is 4.43. The van der Waals surface area contributed by atoms with Crippen LogP contribution in [0.25, 0.3) is 0 Å². The number of alkyl halides is 4. The Hall–Kier alpha value is -1.38. The fraction of sp³-hybridized carbons (Fsp3) is 0.667. The average molecular weight is 232 g/mol. The number of carboxylic acid groups (broad SMARTS) is 1. The smallest absolute Gasteiger partial charge is 0.475 e. The first-order chi connectivity index (χ1) is 6.59. The molecular weight excluding hydrogens is 224 g/mol. The van der Waals surface area contributed by atoms with Crippen molar-refractivity contribution in [3.63, 3.8) is 0 Å². The number of carbonyl (C=O) groups excluding carboxylic acids is 1. The fourth-order valence-corrected chi connectivity index (χ4v) is 0.519. The van der Waals surface area contributed by atoms with E-state index in [1.807, 2.05) is 0 Å². The van der Waals surface area contributed by atoms with Gasteiger partial charge >= 0.3 is 12.1 Å². The van der Waals surface area contributed by atoms with Gasteiger partial charge in [0.25, 0.3) is 5.91 Å². The molecule has 1 rings (SSSR count). The van der Waals surface area contributed by atoms with E-state index in [1.54, 1.807) is 0 Å². The molecule has 0 radical (unpaired) electrons. The lowest BCUT2D eigenvalue weighted by Gasteiger charge is -2.31.